The van der Waals surface area contributed by atoms with E-state index in [-0.39, 0.29) is 17.1 Å². The van der Waals surface area contributed by atoms with Crippen molar-refractivity contribution in [1.29, 1.82) is 0 Å². The molecule has 4 atom stereocenters. The van der Waals surface area contributed by atoms with Gasteiger partial charge in [-0.2, -0.15) is 13.2 Å². The molecule has 3 aliphatic rings. The summed E-state index contributed by atoms with van der Waals surface area (Å²) in [6.45, 7) is 5.46. The number of carbonyl (C=O) groups is 1. The summed E-state index contributed by atoms with van der Waals surface area (Å²) in [5.41, 5.74) is 1.51. The first-order chi connectivity index (χ1) is 16.7. The molecule has 5 rings (SSSR count). The van der Waals surface area contributed by atoms with E-state index in [0.29, 0.717) is 42.5 Å². The lowest BCUT2D eigenvalue weighted by Crippen LogP contribution is -2.35. The molecule has 3 heterocycles. The quantitative estimate of drug-likeness (QED) is 0.583. The molecule has 0 spiro atoms. The Hall–Kier alpha value is -2.39. The smallest absolute Gasteiger partial charge is 0.363 e. The summed E-state index contributed by atoms with van der Waals surface area (Å²) in [7, 11) is 0. The summed E-state index contributed by atoms with van der Waals surface area (Å²) in [5.74, 6) is 1.96. The second-order valence-electron chi connectivity index (χ2n) is 10.0. The number of aromatic nitrogens is 2. The van der Waals surface area contributed by atoms with E-state index in [0.717, 1.165) is 56.0 Å². The number of carbonyl (C=O) groups excluding carboxylic acids is 1. The number of hydrogen-bond acceptors (Lipinski definition) is 5. The molecule has 1 aromatic heterocycles. The van der Waals surface area contributed by atoms with Crippen LogP contribution in [0.3, 0.4) is 0 Å². The van der Waals surface area contributed by atoms with Crippen molar-refractivity contribution in [2.45, 2.75) is 44.8 Å². The highest BCUT2D eigenvalue weighted by Gasteiger charge is 2.38. The van der Waals surface area contributed by atoms with Crippen LogP contribution in [-0.4, -0.2) is 47.0 Å². The van der Waals surface area contributed by atoms with E-state index >= 15 is 0 Å². The average molecular weight is 508 g/mol. The first kappa shape index (κ1) is 24.3. The Kier molecular flexibility index (Phi) is 6.65. The third-order valence-corrected chi connectivity index (χ3v) is 7.77. The number of alkyl halides is 3. The van der Waals surface area contributed by atoms with Crippen molar-refractivity contribution in [1.82, 2.24) is 20.2 Å². The number of piperidine rings is 1. The number of rotatable bonds is 5. The lowest BCUT2D eigenvalue weighted by molar-refractivity contribution is -0.137. The number of anilines is 1. The predicted octanol–water partition coefficient (Wildman–Crippen LogP) is 4.49. The van der Waals surface area contributed by atoms with Gasteiger partial charge < -0.3 is 15.5 Å². The molecule has 0 radical (unpaired) electrons. The second kappa shape index (κ2) is 9.58. The van der Waals surface area contributed by atoms with Gasteiger partial charge in [0.2, 0.25) is 11.2 Å². The highest BCUT2D eigenvalue weighted by Crippen LogP contribution is 2.36. The van der Waals surface area contributed by atoms with Crippen LogP contribution in [0.25, 0.3) is 0 Å². The molecule has 1 aromatic carbocycles. The van der Waals surface area contributed by atoms with Crippen molar-refractivity contribution >= 4 is 23.3 Å². The Labute approximate surface area is 207 Å². The van der Waals surface area contributed by atoms with Crippen LogP contribution >= 0.6 is 11.6 Å². The van der Waals surface area contributed by atoms with Crippen LogP contribution in [0.2, 0.25) is 5.28 Å². The van der Waals surface area contributed by atoms with E-state index in [2.05, 4.69) is 20.6 Å². The average Bonchev–Trinajstić information content (AvgIpc) is 3.42. The van der Waals surface area contributed by atoms with Crippen LogP contribution in [0.4, 0.5) is 19.0 Å². The van der Waals surface area contributed by atoms with Gasteiger partial charge in [-0.05, 0) is 86.3 Å². The maximum atomic E-state index is 13.1. The van der Waals surface area contributed by atoms with E-state index in [9.17, 15) is 18.0 Å². The Morgan fingerprint density at radius 3 is 2.83 bits per heavy atom. The monoisotopic (exact) mass is 507 g/mol. The number of halogens is 4. The molecule has 2 aromatic rings. The standard InChI is InChI=1S/C25H29ClF3N5O/c1-14(16-3-2-4-19(10-16)25(27,28)29)31-23-20-7-15(8-21(20)32-24(26)33-23)9-22(35)34-12-17-5-6-30-11-18(17)13-34/h2-4,10,14-15,17-18,30H,5-9,11-13H2,1H3,(H,31,32,33)/t14-,15?,17+,18-/m1/s1. The van der Waals surface area contributed by atoms with Gasteiger partial charge in [-0.15, -0.1) is 0 Å². The van der Waals surface area contributed by atoms with E-state index in [1.165, 1.54) is 6.07 Å². The van der Waals surface area contributed by atoms with Gasteiger partial charge in [0.15, 0.2) is 0 Å². The molecule has 6 nitrogen and oxygen atoms in total. The number of amides is 1. The molecule has 10 heteroatoms. The molecule has 35 heavy (non-hydrogen) atoms. The van der Waals surface area contributed by atoms with Crippen LogP contribution in [0.15, 0.2) is 24.3 Å². The van der Waals surface area contributed by atoms with E-state index in [1.54, 1.807) is 13.0 Å². The zero-order chi connectivity index (χ0) is 24.7. The van der Waals surface area contributed by atoms with Gasteiger partial charge in [-0.1, -0.05) is 12.1 Å². The number of fused-ring (bicyclic) bond motifs is 2. The zero-order valence-electron chi connectivity index (χ0n) is 19.5. The minimum atomic E-state index is -4.40. The second-order valence-corrected chi connectivity index (χ2v) is 10.4. The number of benzene rings is 1. The molecular formula is C25H29ClF3N5O. The predicted molar refractivity (Wildman–Crippen MR) is 127 cm³/mol. The van der Waals surface area contributed by atoms with Gasteiger partial charge in [0.05, 0.1) is 11.3 Å². The van der Waals surface area contributed by atoms with Crippen molar-refractivity contribution in [3.63, 3.8) is 0 Å². The molecular weight excluding hydrogens is 479 g/mol. The SMILES string of the molecule is C[C@@H](Nc1nc(Cl)nc2c1CC(CC(=O)N1C[C@H]3CNCC[C@H]3C1)C2)c1cccc(C(F)(F)F)c1. The summed E-state index contributed by atoms with van der Waals surface area (Å²) in [6, 6.07) is 4.84. The van der Waals surface area contributed by atoms with Crippen molar-refractivity contribution in [3.8, 4) is 0 Å². The fourth-order valence-electron chi connectivity index (χ4n) is 5.71. The number of likely N-dealkylation sites (tertiary alicyclic amines) is 1. The van der Waals surface area contributed by atoms with Crippen molar-refractivity contribution in [2.75, 3.05) is 31.5 Å². The zero-order valence-corrected chi connectivity index (χ0v) is 20.3. The van der Waals surface area contributed by atoms with Crippen molar-refractivity contribution in [3.05, 3.63) is 51.9 Å². The number of hydrogen-bond donors (Lipinski definition) is 2. The molecule has 188 valence electrons. The van der Waals surface area contributed by atoms with Crippen LogP contribution in [0.1, 0.15) is 48.2 Å². The molecule has 2 saturated heterocycles. The summed E-state index contributed by atoms with van der Waals surface area (Å²) in [4.78, 5) is 23.8. The Morgan fingerprint density at radius 1 is 1.26 bits per heavy atom. The molecule has 1 aliphatic carbocycles. The van der Waals surface area contributed by atoms with Gasteiger partial charge in [-0.25, -0.2) is 9.97 Å². The minimum Gasteiger partial charge on any atom is -0.363 e. The van der Waals surface area contributed by atoms with Crippen LogP contribution in [-0.2, 0) is 23.8 Å². The van der Waals surface area contributed by atoms with E-state index in [1.807, 2.05) is 4.90 Å². The molecule has 2 N–H and O–H groups in total. The molecule has 1 amide bonds. The molecule has 1 unspecified atom stereocenters. The van der Waals surface area contributed by atoms with Crippen molar-refractivity contribution in [2.24, 2.45) is 17.8 Å². The first-order valence-corrected chi connectivity index (χ1v) is 12.5. The van der Waals surface area contributed by atoms with E-state index < -0.39 is 17.8 Å². The topological polar surface area (TPSA) is 70.2 Å². The fraction of sp³-hybridized carbons (Fsp3) is 0.560. The molecule has 2 aliphatic heterocycles. The largest absolute Gasteiger partial charge is 0.416 e. The normalized spacial score (nSPS) is 24.7. The fourth-order valence-corrected chi connectivity index (χ4v) is 5.89. The maximum absolute atomic E-state index is 13.1. The van der Waals surface area contributed by atoms with E-state index in [4.69, 9.17) is 11.6 Å². The Morgan fingerprint density at radius 2 is 2.06 bits per heavy atom. The van der Waals surface area contributed by atoms with Crippen LogP contribution in [0, 0.1) is 17.8 Å². The number of nitrogens with zero attached hydrogens (tertiary/aromatic N) is 3. The summed E-state index contributed by atoms with van der Waals surface area (Å²) < 4.78 is 39.4. The lowest BCUT2D eigenvalue weighted by atomic mass is 9.90. The minimum absolute atomic E-state index is 0.0885. The third kappa shape index (κ3) is 5.26. The van der Waals surface area contributed by atoms with Gasteiger partial charge in [0.25, 0.3) is 0 Å². The molecule has 0 saturated carbocycles. The number of nitrogens with one attached hydrogen (secondary N) is 2. The molecule has 0 bridgehead atoms. The highest BCUT2D eigenvalue weighted by molar-refractivity contribution is 6.28. The van der Waals surface area contributed by atoms with Crippen LogP contribution < -0.4 is 10.6 Å². The summed E-state index contributed by atoms with van der Waals surface area (Å²) in [6.07, 6.45) is -1.56. The van der Waals surface area contributed by atoms with Gasteiger partial charge in [0.1, 0.15) is 5.82 Å². The first-order valence-electron chi connectivity index (χ1n) is 12.1. The van der Waals surface area contributed by atoms with Gasteiger partial charge >= 0.3 is 6.18 Å². The van der Waals surface area contributed by atoms with Crippen molar-refractivity contribution < 1.29 is 18.0 Å². The lowest BCUT2D eigenvalue weighted by Gasteiger charge is -2.23. The summed E-state index contributed by atoms with van der Waals surface area (Å²) >= 11 is 6.18. The highest BCUT2D eigenvalue weighted by atomic mass is 35.5. The van der Waals surface area contributed by atoms with Gasteiger partial charge in [-0.3, -0.25) is 4.79 Å². The maximum Gasteiger partial charge on any atom is 0.416 e. The Bertz CT molecular complexity index is 1100. The summed E-state index contributed by atoms with van der Waals surface area (Å²) in [5, 5.41) is 6.75. The Balaban J connectivity index is 1.26. The third-order valence-electron chi connectivity index (χ3n) is 7.60. The van der Waals surface area contributed by atoms with Crippen LogP contribution in [0.5, 0.6) is 0 Å². The van der Waals surface area contributed by atoms with Gasteiger partial charge in [0, 0.05) is 31.1 Å². The molecule has 2 fully saturated rings.